The third-order valence-electron chi connectivity index (χ3n) is 4.20. The third kappa shape index (κ3) is 3.46. The van der Waals surface area contributed by atoms with Crippen molar-refractivity contribution in [2.75, 3.05) is 26.2 Å². The lowest BCUT2D eigenvalue weighted by Crippen LogP contribution is -2.48. The van der Waals surface area contributed by atoms with E-state index >= 15 is 0 Å². The second kappa shape index (κ2) is 6.98. The maximum atomic E-state index is 5.51. The highest BCUT2D eigenvalue weighted by Gasteiger charge is 2.19. The van der Waals surface area contributed by atoms with Gasteiger partial charge < -0.3 is 4.48 Å². The summed E-state index contributed by atoms with van der Waals surface area (Å²) < 4.78 is 0.869. The van der Waals surface area contributed by atoms with Crippen LogP contribution in [0.25, 0.3) is 10.8 Å². The van der Waals surface area contributed by atoms with Crippen LogP contribution in [-0.2, 0) is 0 Å². The van der Waals surface area contributed by atoms with Crippen LogP contribution < -0.4 is 0 Å². The second-order valence-corrected chi connectivity index (χ2v) is 5.32. The Morgan fingerprint density at radius 3 is 2.38 bits per heavy atom. The Kier molecular flexibility index (Phi) is 5.04. The standard InChI is InChI=1S/C20H22N/c1-4-16-21(5-2,6-3)17-10-14-19-13-9-12-18-11-7-8-15-20(18)19/h1,7-9,11-13,15H,5-6,16-17H2,2-3H3/q+1. The van der Waals surface area contributed by atoms with Crippen LogP contribution in [0.1, 0.15) is 19.4 Å². The maximum absolute atomic E-state index is 5.51. The Hall–Kier alpha value is -2.22. The van der Waals surface area contributed by atoms with Gasteiger partial charge in [0.1, 0.15) is 13.1 Å². The zero-order chi connectivity index (χ0) is 15.1. The van der Waals surface area contributed by atoms with Gasteiger partial charge in [-0.15, -0.1) is 6.42 Å². The average molecular weight is 276 g/mol. The SMILES string of the molecule is C#CC[N+](CC)(CC)CC#Cc1cccc2ccccc12. The normalized spacial score (nSPS) is 10.7. The fourth-order valence-electron chi connectivity index (χ4n) is 2.56. The summed E-state index contributed by atoms with van der Waals surface area (Å²) in [6, 6.07) is 14.6. The number of hydrogen-bond donors (Lipinski definition) is 0. The smallest absolute Gasteiger partial charge is 0.142 e. The third-order valence-corrected chi connectivity index (χ3v) is 4.20. The van der Waals surface area contributed by atoms with Crippen molar-refractivity contribution in [3.05, 3.63) is 48.0 Å². The van der Waals surface area contributed by atoms with Gasteiger partial charge in [-0.25, -0.2) is 0 Å². The predicted octanol–water partition coefficient (Wildman–Crippen LogP) is 3.68. The van der Waals surface area contributed by atoms with E-state index in [0.717, 1.165) is 36.2 Å². The molecule has 0 spiro atoms. The highest BCUT2D eigenvalue weighted by atomic mass is 15.3. The van der Waals surface area contributed by atoms with E-state index < -0.39 is 0 Å². The minimum atomic E-state index is 0.747. The fourth-order valence-corrected chi connectivity index (χ4v) is 2.56. The van der Waals surface area contributed by atoms with E-state index in [-0.39, 0.29) is 0 Å². The van der Waals surface area contributed by atoms with Crippen LogP contribution >= 0.6 is 0 Å². The Bertz CT molecular complexity index is 700. The van der Waals surface area contributed by atoms with Crippen molar-refractivity contribution in [3.63, 3.8) is 0 Å². The molecule has 21 heavy (non-hydrogen) atoms. The van der Waals surface area contributed by atoms with Crippen LogP contribution in [0.5, 0.6) is 0 Å². The van der Waals surface area contributed by atoms with Crippen LogP contribution in [0.2, 0.25) is 0 Å². The minimum Gasteiger partial charge on any atom is -0.304 e. The molecule has 2 aromatic carbocycles. The van der Waals surface area contributed by atoms with Crippen LogP contribution in [0, 0.1) is 24.2 Å². The number of quaternary nitrogens is 1. The van der Waals surface area contributed by atoms with E-state index in [0.29, 0.717) is 0 Å². The molecule has 0 aliphatic carbocycles. The summed E-state index contributed by atoms with van der Waals surface area (Å²) in [5.41, 5.74) is 1.10. The lowest BCUT2D eigenvalue weighted by molar-refractivity contribution is -0.911. The van der Waals surface area contributed by atoms with E-state index in [1.807, 2.05) is 0 Å². The largest absolute Gasteiger partial charge is 0.304 e. The van der Waals surface area contributed by atoms with Gasteiger partial charge >= 0.3 is 0 Å². The first-order valence-electron chi connectivity index (χ1n) is 7.50. The Labute approximate surface area is 128 Å². The summed E-state index contributed by atoms with van der Waals surface area (Å²) in [7, 11) is 0. The summed E-state index contributed by atoms with van der Waals surface area (Å²) >= 11 is 0. The molecule has 1 heteroatoms. The first-order valence-corrected chi connectivity index (χ1v) is 7.50. The van der Waals surface area contributed by atoms with E-state index in [9.17, 15) is 0 Å². The molecule has 2 rings (SSSR count). The highest BCUT2D eigenvalue weighted by Crippen LogP contribution is 2.17. The van der Waals surface area contributed by atoms with Crippen molar-refractivity contribution in [1.82, 2.24) is 0 Å². The highest BCUT2D eigenvalue weighted by molar-refractivity contribution is 5.88. The molecular weight excluding hydrogens is 254 g/mol. The van der Waals surface area contributed by atoms with Gasteiger partial charge in [0, 0.05) is 5.56 Å². The van der Waals surface area contributed by atoms with Gasteiger partial charge in [0.05, 0.1) is 13.1 Å². The lowest BCUT2D eigenvalue weighted by Gasteiger charge is -2.32. The number of hydrogen-bond acceptors (Lipinski definition) is 0. The molecule has 0 radical (unpaired) electrons. The van der Waals surface area contributed by atoms with Gasteiger partial charge in [0.25, 0.3) is 0 Å². The van der Waals surface area contributed by atoms with Crippen molar-refractivity contribution in [2.45, 2.75) is 13.8 Å². The molecule has 1 nitrogen and oxygen atoms in total. The first-order chi connectivity index (χ1) is 10.2. The van der Waals surface area contributed by atoms with Crippen molar-refractivity contribution in [2.24, 2.45) is 0 Å². The molecule has 0 fully saturated rings. The lowest BCUT2D eigenvalue weighted by atomic mass is 10.1. The molecule has 0 saturated heterocycles. The van der Waals surface area contributed by atoms with E-state index in [2.05, 4.69) is 74.1 Å². The molecule has 0 bridgehead atoms. The quantitative estimate of drug-likeness (QED) is 0.590. The van der Waals surface area contributed by atoms with Gasteiger partial charge in [-0.1, -0.05) is 42.3 Å². The van der Waals surface area contributed by atoms with Crippen LogP contribution in [-0.4, -0.2) is 30.7 Å². The maximum Gasteiger partial charge on any atom is 0.142 e. The van der Waals surface area contributed by atoms with E-state index in [1.54, 1.807) is 0 Å². The number of rotatable bonds is 4. The molecule has 0 saturated carbocycles. The minimum absolute atomic E-state index is 0.747. The second-order valence-electron chi connectivity index (χ2n) is 5.32. The summed E-state index contributed by atoms with van der Waals surface area (Å²) in [4.78, 5) is 0. The van der Waals surface area contributed by atoms with Gasteiger partial charge in [0.2, 0.25) is 0 Å². The molecule has 2 aromatic rings. The van der Waals surface area contributed by atoms with Crippen LogP contribution in [0.15, 0.2) is 42.5 Å². The first kappa shape index (κ1) is 15.2. The molecule has 0 atom stereocenters. The molecule has 0 amide bonds. The molecule has 0 aromatic heterocycles. The summed E-state index contributed by atoms with van der Waals surface area (Å²) in [6.07, 6.45) is 5.51. The topological polar surface area (TPSA) is 0 Å². The predicted molar refractivity (Wildman–Crippen MR) is 90.7 cm³/mol. The molecule has 106 valence electrons. The monoisotopic (exact) mass is 276 g/mol. The van der Waals surface area contributed by atoms with E-state index in [1.165, 1.54) is 10.8 Å². The van der Waals surface area contributed by atoms with Gasteiger partial charge in [-0.05, 0) is 42.5 Å². The molecular formula is C20H22N+. The summed E-state index contributed by atoms with van der Waals surface area (Å²) in [5, 5.41) is 2.45. The van der Waals surface area contributed by atoms with Crippen molar-refractivity contribution >= 4 is 10.8 Å². The zero-order valence-corrected chi connectivity index (χ0v) is 12.9. The van der Waals surface area contributed by atoms with Crippen LogP contribution in [0.3, 0.4) is 0 Å². The molecule has 0 aliphatic heterocycles. The molecule has 0 heterocycles. The number of terminal acetylenes is 1. The Balaban J connectivity index is 2.27. The zero-order valence-electron chi connectivity index (χ0n) is 12.9. The Morgan fingerprint density at radius 1 is 0.952 bits per heavy atom. The Morgan fingerprint density at radius 2 is 1.67 bits per heavy atom. The number of fused-ring (bicyclic) bond motifs is 1. The van der Waals surface area contributed by atoms with E-state index in [4.69, 9.17) is 6.42 Å². The van der Waals surface area contributed by atoms with Gasteiger partial charge in [-0.3, -0.25) is 0 Å². The molecule has 0 aliphatic rings. The van der Waals surface area contributed by atoms with Crippen molar-refractivity contribution < 1.29 is 4.48 Å². The molecule has 0 N–H and O–H groups in total. The fraction of sp³-hybridized carbons (Fsp3) is 0.300. The van der Waals surface area contributed by atoms with Gasteiger partial charge in [0.15, 0.2) is 0 Å². The number of nitrogens with zero attached hydrogens (tertiary/aromatic N) is 1. The molecule has 0 unspecified atom stereocenters. The van der Waals surface area contributed by atoms with Crippen molar-refractivity contribution in [3.8, 4) is 24.2 Å². The van der Waals surface area contributed by atoms with Crippen LogP contribution in [0.4, 0.5) is 0 Å². The summed E-state index contributed by atoms with van der Waals surface area (Å²) in [6.45, 7) is 7.95. The van der Waals surface area contributed by atoms with Gasteiger partial charge in [-0.2, -0.15) is 0 Å². The average Bonchev–Trinajstić information content (AvgIpc) is 2.54. The summed E-state index contributed by atoms with van der Waals surface area (Å²) in [5.74, 6) is 9.48. The van der Waals surface area contributed by atoms with Crippen molar-refractivity contribution in [1.29, 1.82) is 0 Å². The number of benzene rings is 2.